The molecule has 6 heteroatoms. The van der Waals surface area contributed by atoms with Crippen molar-refractivity contribution in [1.82, 2.24) is 9.47 Å². The van der Waals surface area contributed by atoms with Crippen LogP contribution in [0.1, 0.15) is 40.7 Å². The highest BCUT2D eigenvalue weighted by Gasteiger charge is 2.23. The molecule has 1 aromatic rings. The zero-order valence-electron chi connectivity index (χ0n) is 14.5. The topological polar surface area (TPSA) is 60.8 Å². The van der Waals surface area contributed by atoms with Crippen molar-refractivity contribution in [2.24, 2.45) is 7.05 Å². The van der Waals surface area contributed by atoms with Gasteiger partial charge < -0.3 is 18.9 Å². The Bertz CT molecular complexity index is 586. The van der Waals surface area contributed by atoms with E-state index < -0.39 is 0 Å². The van der Waals surface area contributed by atoms with Gasteiger partial charge in [-0.2, -0.15) is 0 Å². The second-order valence-corrected chi connectivity index (χ2v) is 5.81. The normalized spacial score (nSPS) is 14.9. The molecule has 0 unspecified atom stereocenters. The van der Waals surface area contributed by atoms with E-state index in [0.29, 0.717) is 51.4 Å². The predicted molar refractivity (Wildman–Crippen MR) is 86.6 cm³/mol. The van der Waals surface area contributed by atoms with E-state index in [2.05, 4.69) is 0 Å². The number of hydrogen-bond donors (Lipinski definition) is 0. The molecule has 0 atom stereocenters. The van der Waals surface area contributed by atoms with Crippen LogP contribution >= 0.6 is 0 Å². The highest BCUT2D eigenvalue weighted by molar-refractivity contribution is 5.90. The first kappa shape index (κ1) is 17.5. The minimum Gasteiger partial charge on any atom is -0.461 e. The summed E-state index contributed by atoms with van der Waals surface area (Å²) in [6.07, 6.45) is 1.09. The molecule has 0 aromatic carbocycles. The highest BCUT2D eigenvalue weighted by Crippen LogP contribution is 2.23. The monoisotopic (exact) mass is 322 g/mol. The summed E-state index contributed by atoms with van der Waals surface area (Å²) in [6.45, 7) is 8.61. The molecule has 23 heavy (non-hydrogen) atoms. The van der Waals surface area contributed by atoms with Gasteiger partial charge in [0.25, 0.3) is 0 Å². The number of nitrogens with zero attached hydrogens (tertiary/aromatic N) is 2. The van der Waals surface area contributed by atoms with Crippen LogP contribution in [0.15, 0.2) is 0 Å². The van der Waals surface area contributed by atoms with Gasteiger partial charge in [0, 0.05) is 32.3 Å². The average Bonchev–Trinajstić information content (AvgIpc) is 2.76. The van der Waals surface area contributed by atoms with E-state index in [0.717, 1.165) is 16.8 Å². The maximum absolute atomic E-state index is 12.3. The second-order valence-electron chi connectivity index (χ2n) is 5.81. The van der Waals surface area contributed by atoms with Crippen LogP contribution in [0.3, 0.4) is 0 Å². The Kier molecular flexibility index (Phi) is 5.82. The van der Waals surface area contributed by atoms with Crippen LogP contribution in [0.25, 0.3) is 0 Å². The van der Waals surface area contributed by atoms with E-state index in [1.54, 1.807) is 6.92 Å². The average molecular weight is 322 g/mol. The van der Waals surface area contributed by atoms with E-state index >= 15 is 0 Å². The third kappa shape index (κ3) is 3.75. The number of ether oxygens (including phenoxy) is 2. The first-order valence-corrected chi connectivity index (χ1v) is 8.14. The number of aromatic nitrogens is 1. The van der Waals surface area contributed by atoms with Crippen molar-refractivity contribution >= 4 is 11.9 Å². The zero-order valence-corrected chi connectivity index (χ0v) is 14.5. The number of hydrogen-bond acceptors (Lipinski definition) is 4. The number of amides is 1. The Hall–Kier alpha value is -1.82. The molecule has 0 spiro atoms. The summed E-state index contributed by atoms with van der Waals surface area (Å²) in [6, 6.07) is 0. The fourth-order valence-corrected chi connectivity index (χ4v) is 3.10. The van der Waals surface area contributed by atoms with Crippen molar-refractivity contribution in [2.45, 2.75) is 33.6 Å². The number of esters is 1. The van der Waals surface area contributed by atoms with Crippen LogP contribution in [-0.4, -0.2) is 54.3 Å². The quantitative estimate of drug-likeness (QED) is 0.773. The fraction of sp³-hybridized carbons (Fsp3) is 0.647. The predicted octanol–water partition coefficient (Wildman–Crippen LogP) is 1.61. The number of morpholine rings is 1. The lowest BCUT2D eigenvalue weighted by Crippen LogP contribution is -2.40. The number of carbonyl (C=O) groups excluding carboxylic acids is 2. The second kappa shape index (κ2) is 7.64. The van der Waals surface area contributed by atoms with Crippen LogP contribution in [0.5, 0.6) is 0 Å². The van der Waals surface area contributed by atoms with Gasteiger partial charge in [-0.25, -0.2) is 4.79 Å². The lowest BCUT2D eigenvalue weighted by atomic mass is 10.0. The third-order valence-electron chi connectivity index (χ3n) is 4.50. The minimum absolute atomic E-state index is 0.147. The molecule has 1 aromatic heterocycles. The first-order valence-electron chi connectivity index (χ1n) is 8.14. The molecule has 2 rings (SSSR count). The number of rotatable bonds is 5. The molecule has 0 saturated carbocycles. The van der Waals surface area contributed by atoms with E-state index in [1.165, 1.54) is 0 Å². The minimum atomic E-state index is -0.304. The molecule has 6 nitrogen and oxygen atoms in total. The summed E-state index contributed by atoms with van der Waals surface area (Å²) in [5, 5.41) is 0. The molecule has 0 aliphatic carbocycles. The van der Waals surface area contributed by atoms with Crippen molar-refractivity contribution in [3.8, 4) is 0 Å². The van der Waals surface area contributed by atoms with Gasteiger partial charge in [0.1, 0.15) is 5.69 Å². The van der Waals surface area contributed by atoms with Gasteiger partial charge in [-0.1, -0.05) is 0 Å². The molecule has 1 amide bonds. The summed E-state index contributed by atoms with van der Waals surface area (Å²) in [5.74, 6) is -0.157. The maximum Gasteiger partial charge on any atom is 0.355 e. The SMILES string of the molecule is CCOC(=O)c1c(C)c(CCC(=O)N2CCOCC2)c(C)n1C. The van der Waals surface area contributed by atoms with Gasteiger partial charge in [0.05, 0.1) is 19.8 Å². The summed E-state index contributed by atoms with van der Waals surface area (Å²) < 4.78 is 12.3. The van der Waals surface area contributed by atoms with Crippen molar-refractivity contribution < 1.29 is 19.1 Å². The largest absolute Gasteiger partial charge is 0.461 e. The maximum atomic E-state index is 12.3. The van der Waals surface area contributed by atoms with E-state index in [4.69, 9.17) is 9.47 Å². The first-order chi connectivity index (χ1) is 11.0. The van der Waals surface area contributed by atoms with Crippen LogP contribution in [0, 0.1) is 13.8 Å². The molecule has 0 N–H and O–H groups in total. The highest BCUT2D eigenvalue weighted by atomic mass is 16.5. The van der Waals surface area contributed by atoms with Crippen molar-refractivity contribution in [3.63, 3.8) is 0 Å². The van der Waals surface area contributed by atoms with Gasteiger partial charge in [-0.05, 0) is 38.3 Å². The standard InChI is InChI=1S/C17H26N2O4/c1-5-23-17(21)16-12(2)14(13(3)18(16)4)6-7-15(20)19-8-10-22-11-9-19/h5-11H2,1-4H3. The van der Waals surface area contributed by atoms with Crippen molar-refractivity contribution in [3.05, 3.63) is 22.5 Å². The Morgan fingerprint density at radius 1 is 1.22 bits per heavy atom. The summed E-state index contributed by atoms with van der Waals surface area (Å²) in [7, 11) is 1.86. The fourth-order valence-electron chi connectivity index (χ4n) is 3.10. The van der Waals surface area contributed by atoms with E-state index in [1.807, 2.05) is 30.4 Å². The molecule has 0 radical (unpaired) electrons. The van der Waals surface area contributed by atoms with E-state index in [-0.39, 0.29) is 11.9 Å². The smallest absolute Gasteiger partial charge is 0.355 e. The van der Waals surface area contributed by atoms with Gasteiger partial charge in [-0.3, -0.25) is 4.79 Å². The lowest BCUT2D eigenvalue weighted by Gasteiger charge is -2.26. The third-order valence-corrected chi connectivity index (χ3v) is 4.50. The Morgan fingerprint density at radius 3 is 2.48 bits per heavy atom. The number of carbonyl (C=O) groups is 2. The van der Waals surface area contributed by atoms with Crippen LogP contribution in [0.4, 0.5) is 0 Å². The Labute approximate surface area is 137 Å². The van der Waals surface area contributed by atoms with Gasteiger partial charge >= 0.3 is 5.97 Å². The molecule has 2 heterocycles. The molecule has 128 valence electrons. The van der Waals surface area contributed by atoms with Crippen molar-refractivity contribution in [2.75, 3.05) is 32.9 Å². The van der Waals surface area contributed by atoms with Crippen LogP contribution < -0.4 is 0 Å². The molecule has 1 saturated heterocycles. The summed E-state index contributed by atoms with van der Waals surface area (Å²) in [5.41, 5.74) is 3.58. The van der Waals surface area contributed by atoms with Crippen LogP contribution in [-0.2, 0) is 27.7 Å². The molecular formula is C17H26N2O4. The Morgan fingerprint density at radius 2 is 1.87 bits per heavy atom. The summed E-state index contributed by atoms with van der Waals surface area (Å²) in [4.78, 5) is 26.2. The van der Waals surface area contributed by atoms with Crippen molar-refractivity contribution in [1.29, 1.82) is 0 Å². The molecular weight excluding hydrogens is 296 g/mol. The van der Waals surface area contributed by atoms with Gasteiger partial charge in [-0.15, -0.1) is 0 Å². The van der Waals surface area contributed by atoms with Gasteiger partial charge in [0.15, 0.2) is 0 Å². The van der Waals surface area contributed by atoms with Crippen LogP contribution in [0.2, 0.25) is 0 Å². The summed E-state index contributed by atoms with van der Waals surface area (Å²) >= 11 is 0. The van der Waals surface area contributed by atoms with E-state index in [9.17, 15) is 9.59 Å². The zero-order chi connectivity index (χ0) is 17.0. The molecule has 1 aliphatic rings. The van der Waals surface area contributed by atoms with Gasteiger partial charge in [0.2, 0.25) is 5.91 Å². The molecule has 1 fully saturated rings. The molecule has 1 aliphatic heterocycles. The Balaban J connectivity index is 2.09. The molecule has 0 bridgehead atoms. The lowest BCUT2D eigenvalue weighted by molar-refractivity contribution is -0.135.